The first-order valence-corrected chi connectivity index (χ1v) is 8.96. The van der Waals surface area contributed by atoms with E-state index < -0.39 is 12.5 Å². The Hall–Kier alpha value is -2.94. The summed E-state index contributed by atoms with van der Waals surface area (Å²) in [6, 6.07) is 9.07. The number of nitrogens with one attached hydrogen (secondary N) is 1. The number of anilines is 1. The highest BCUT2D eigenvalue weighted by atomic mass is 32.1. The minimum atomic E-state index is -2.91. The zero-order valence-corrected chi connectivity index (χ0v) is 14.7. The molecule has 0 saturated heterocycles. The summed E-state index contributed by atoms with van der Waals surface area (Å²) < 4.78 is 40.8. The molecule has 9 heteroatoms. The number of benzene rings is 2. The Labute approximate surface area is 156 Å². The third-order valence-corrected chi connectivity index (χ3v) is 4.75. The van der Waals surface area contributed by atoms with E-state index in [9.17, 15) is 13.6 Å². The number of amides is 1. The van der Waals surface area contributed by atoms with Gasteiger partial charge in [0.1, 0.15) is 5.75 Å². The van der Waals surface area contributed by atoms with Crippen molar-refractivity contribution >= 4 is 32.6 Å². The lowest BCUT2D eigenvalue weighted by Crippen LogP contribution is -2.11. The number of halogens is 2. The van der Waals surface area contributed by atoms with Crippen LogP contribution >= 0.6 is 11.3 Å². The van der Waals surface area contributed by atoms with Crippen molar-refractivity contribution in [1.29, 1.82) is 0 Å². The first kappa shape index (κ1) is 17.5. The quantitative estimate of drug-likeness (QED) is 0.717. The Kier molecular flexibility index (Phi) is 4.76. The number of hydrogen-bond acceptors (Lipinski definition) is 6. The molecular weight excluding hydrogens is 378 g/mol. The van der Waals surface area contributed by atoms with Crippen molar-refractivity contribution in [2.45, 2.75) is 13.0 Å². The normalized spacial score (nSPS) is 13.4. The zero-order valence-electron chi connectivity index (χ0n) is 13.9. The summed E-state index contributed by atoms with van der Waals surface area (Å²) in [4.78, 5) is 16.7. The van der Waals surface area contributed by atoms with Crippen LogP contribution < -0.4 is 19.5 Å². The molecule has 2 heterocycles. The van der Waals surface area contributed by atoms with Crippen LogP contribution in [0.15, 0.2) is 36.4 Å². The molecule has 0 spiro atoms. The Morgan fingerprint density at radius 2 is 1.85 bits per heavy atom. The van der Waals surface area contributed by atoms with Gasteiger partial charge in [-0.3, -0.25) is 10.1 Å². The molecule has 2 aromatic carbocycles. The van der Waals surface area contributed by atoms with Crippen LogP contribution in [0.2, 0.25) is 0 Å². The van der Waals surface area contributed by atoms with E-state index in [1.54, 1.807) is 6.07 Å². The molecule has 1 aliphatic rings. The minimum absolute atomic E-state index is 0.0111. The molecule has 27 heavy (non-hydrogen) atoms. The molecule has 3 aromatic rings. The molecule has 1 aromatic heterocycles. The second-order valence-electron chi connectivity index (χ2n) is 5.69. The Bertz CT molecular complexity index is 932. The minimum Gasteiger partial charge on any atom is -0.490 e. The van der Waals surface area contributed by atoms with E-state index in [1.165, 1.54) is 35.6 Å². The molecule has 6 nitrogen and oxygen atoms in total. The van der Waals surface area contributed by atoms with Gasteiger partial charge >= 0.3 is 6.61 Å². The molecule has 0 unspecified atom stereocenters. The van der Waals surface area contributed by atoms with E-state index in [1.807, 2.05) is 6.07 Å². The van der Waals surface area contributed by atoms with Crippen molar-refractivity contribution in [1.82, 2.24) is 4.98 Å². The summed E-state index contributed by atoms with van der Waals surface area (Å²) in [5.74, 6) is 0.892. The summed E-state index contributed by atoms with van der Waals surface area (Å²) in [5.41, 5.74) is 0.999. The standard InChI is InChI=1S/C18H14F2N2O4S/c19-17(20)26-11-4-2-10(3-5-11)16(23)22-18-21-12-8-13-14(9-15(12)27-18)25-7-1-6-24-13/h2-5,8-9,17H,1,6-7H2,(H,21,22,23). The van der Waals surface area contributed by atoms with Gasteiger partial charge in [0.05, 0.1) is 23.4 Å². The van der Waals surface area contributed by atoms with Gasteiger partial charge in [-0.1, -0.05) is 11.3 Å². The number of thiazole rings is 1. The monoisotopic (exact) mass is 392 g/mol. The summed E-state index contributed by atoms with van der Waals surface area (Å²) >= 11 is 1.31. The Balaban J connectivity index is 1.51. The van der Waals surface area contributed by atoms with E-state index in [0.29, 0.717) is 40.9 Å². The van der Waals surface area contributed by atoms with Crippen LogP contribution in [0.5, 0.6) is 17.2 Å². The molecule has 1 amide bonds. The van der Waals surface area contributed by atoms with Gasteiger partial charge in [-0.15, -0.1) is 0 Å². The van der Waals surface area contributed by atoms with Gasteiger partial charge in [0.15, 0.2) is 16.6 Å². The molecule has 4 rings (SSSR count). The van der Waals surface area contributed by atoms with Crippen LogP contribution in [0.3, 0.4) is 0 Å². The average Bonchev–Trinajstić information content (AvgIpc) is 2.87. The summed E-state index contributed by atoms with van der Waals surface area (Å²) in [7, 11) is 0. The van der Waals surface area contributed by atoms with E-state index in [0.717, 1.165) is 11.1 Å². The van der Waals surface area contributed by atoms with E-state index in [-0.39, 0.29) is 5.75 Å². The van der Waals surface area contributed by atoms with Gasteiger partial charge in [-0.05, 0) is 24.3 Å². The van der Waals surface area contributed by atoms with Gasteiger partial charge < -0.3 is 14.2 Å². The summed E-state index contributed by atoms with van der Waals surface area (Å²) in [5, 5.41) is 3.13. The van der Waals surface area contributed by atoms with Crippen LogP contribution in [0, 0.1) is 0 Å². The first-order chi connectivity index (χ1) is 13.1. The maximum atomic E-state index is 12.3. The number of aromatic nitrogens is 1. The number of rotatable bonds is 4. The van der Waals surface area contributed by atoms with Crippen molar-refractivity contribution < 1.29 is 27.8 Å². The van der Waals surface area contributed by atoms with Crippen molar-refractivity contribution in [3.05, 3.63) is 42.0 Å². The molecule has 1 N–H and O–H groups in total. The number of alkyl halides is 2. The van der Waals surface area contributed by atoms with Crippen molar-refractivity contribution in [3.63, 3.8) is 0 Å². The Morgan fingerprint density at radius 1 is 1.15 bits per heavy atom. The van der Waals surface area contributed by atoms with Crippen molar-refractivity contribution in [3.8, 4) is 17.2 Å². The molecule has 0 bridgehead atoms. The van der Waals surface area contributed by atoms with Gasteiger partial charge in [0.25, 0.3) is 5.91 Å². The van der Waals surface area contributed by atoms with Crippen LogP contribution in [0.4, 0.5) is 13.9 Å². The smallest absolute Gasteiger partial charge is 0.387 e. The van der Waals surface area contributed by atoms with Crippen molar-refractivity contribution in [2.75, 3.05) is 18.5 Å². The predicted molar refractivity (Wildman–Crippen MR) is 96.3 cm³/mol. The highest BCUT2D eigenvalue weighted by Gasteiger charge is 2.16. The lowest BCUT2D eigenvalue weighted by Gasteiger charge is -2.05. The SMILES string of the molecule is O=C(Nc1nc2cc3c(cc2s1)OCCCO3)c1ccc(OC(F)F)cc1. The van der Waals surface area contributed by atoms with Crippen LogP contribution in [-0.4, -0.2) is 30.7 Å². The highest BCUT2D eigenvalue weighted by Crippen LogP contribution is 2.37. The number of carbonyl (C=O) groups excluding carboxylic acids is 1. The van der Waals surface area contributed by atoms with Gasteiger partial charge in [-0.2, -0.15) is 8.78 Å². The molecule has 1 aliphatic heterocycles. The fraction of sp³-hybridized carbons (Fsp3) is 0.222. The van der Waals surface area contributed by atoms with Crippen molar-refractivity contribution in [2.24, 2.45) is 0 Å². The van der Waals surface area contributed by atoms with Crippen LogP contribution in [0.1, 0.15) is 16.8 Å². The van der Waals surface area contributed by atoms with E-state index >= 15 is 0 Å². The van der Waals surface area contributed by atoms with Gasteiger partial charge in [-0.25, -0.2) is 4.98 Å². The lowest BCUT2D eigenvalue weighted by molar-refractivity contribution is -0.0498. The van der Waals surface area contributed by atoms with Crippen LogP contribution in [0.25, 0.3) is 10.2 Å². The number of fused-ring (bicyclic) bond motifs is 2. The highest BCUT2D eigenvalue weighted by molar-refractivity contribution is 7.22. The topological polar surface area (TPSA) is 69.7 Å². The molecule has 140 valence electrons. The van der Waals surface area contributed by atoms with E-state index in [4.69, 9.17) is 9.47 Å². The number of ether oxygens (including phenoxy) is 3. The second kappa shape index (κ2) is 7.36. The molecule has 0 atom stereocenters. The van der Waals surface area contributed by atoms with Crippen LogP contribution in [-0.2, 0) is 0 Å². The van der Waals surface area contributed by atoms with E-state index in [2.05, 4.69) is 15.0 Å². The summed E-state index contributed by atoms with van der Waals surface area (Å²) in [6.45, 7) is -1.74. The second-order valence-corrected chi connectivity index (χ2v) is 6.72. The largest absolute Gasteiger partial charge is 0.490 e. The first-order valence-electron chi connectivity index (χ1n) is 8.15. The number of carbonyl (C=O) groups is 1. The third-order valence-electron chi connectivity index (χ3n) is 3.82. The van der Waals surface area contributed by atoms with Gasteiger partial charge in [0.2, 0.25) is 0 Å². The molecule has 0 aliphatic carbocycles. The maximum Gasteiger partial charge on any atom is 0.387 e. The third kappa shape index (κ3) is 3.92. The number of hydrogen-bond donors (Lipinski definition) is 1. The summed E-state index contributed by atoms with van der Waals surface area (Å²) in [6.07, 6.45) is 0.818. The maximum absolute atomic E-state index is 12.3. The fourth-order valence-electron chi connectivity index (χ4n) is 2.60. The molecule has 0 fully saturated rings. The zero-order chi connectivity index (χ0) is 18.8. The van der Waals surface area contributed by atoms with Gasteiger partial charge in [0, 0.05) is 24.1 Å². The average molecular weight is 392 g/mol. The fourth-order valence-corrected chi connectivity index (χ4v) is 3.47. The molecule has 0 radical (unpaired) electrons. The number of nitrogens with zero attached hydrogens (tertiary/aromatic N) is 1. The lowest BCUT2D eigenvalue weighted by atomic mass is 10.2. The predicted octanol–water partition coefficient (Wildman–Crippen LogP) is 4.31. The molecular formula is C18H14F2N2O4S. The molecule has 0 saturated carbocycles. The Morgan fingerprint density at radius 3 is 2.56 bits per heavy atom.